The summed E-state index contributed by atoms with van der Waals surface area (Å²) in [5, 5.41) is 9.48. The second kappa shape index (κ2) is 7.04. The van der Waals surface area contributed by atoms with Crippen LogP contribution in [0.5, 0.6) is 5.75 Å². The molecule has 0 aliphatic rings. The first-order chi connectivity index (χ1) is 8.13. The fourth-order valence-electron chi connectivity index (χ4n) is 1.28. The fourth-order valence-corrected chi connectivity index (χ4v) is 1.28. The average Bonchev–Trinajstić information content (AvgIpc) is 2.34. The van der Waals surface area contributed by atoms with E-state index in [1.54, 1.807) is 24.3 Å². The molecule has 1 unspecified atom stereocenters. The molecule has 1 aromatic carbocycles. The first-order valence-corrected chi connectivity index (χ1v) is 5.63. The van der Waals surface area contributed by atoms with E-state index < -0.39 is 6.10 Å². The van der Waals surface area contributed by atoms with E-state index in [2.05, 4.69) is 0 Å². The Morgan fingerprint density at radius 1 is 1.29 bits per heavy atom. The quantitative estimate of drug-likeness (QED) is 0.734. The highest BCUT2D eigenvalue weighted by Gasteiger charge is 2.05. The van der Waals surface area contributed by atoms with E-state index in [0.717, 1.165) is 0 Å². The number of hydrogen-bond acceptors (Lipinski definition) is 4. The van der Waals surface area contributed by atoms with E-state index in [1.165, 1.54) is 6.92 Å². The number of ketones is 1. The van der Waals surface area contributed by atoms with Crippen molar-refractivity contribution >= 4 is 5.78 Å². The van der Waals surface area contributed by atoms with Crippen LogP contribution in [-0.4, -0.2) is 36.8 Å². The van der Waals surface area contributed by atoms with Gasteiger partial charge in [-0.25, -0.2) is 0 Å². The summed E-state index contributed by atoms with van der Waals surface area (Å²) in [7, 11) is 0. The second-order valence-electron chi connectivity index (χ2n) is 3.70. The molecule has 1 N–H and O–H groups in total. The van der Waals surface area contributed by atoms with Gasteiger partial charge in [0.2, 0.25) is 0 Å². The number of hydrogen-bond donors (Lipinski definition) is 1. The number of aliphatic hydroxyl groups excluding tert-OH is 1. The normalized spacial score (nSPS) is 12.2. The molecule has 1 aromatic rings. The summed E-state index contributed by atoms with van der Waals surface area (Å²) < 4.78 is 10.4. The molecule has 0 fully saturated rings. The van der Waals surface area contributed by atoms with Crippen LogP contribution in [0.15, 0.2) is 24.3 Å². The third-order valence-electron chi connectivity index (χ3n) is 2.22. The smallest absolute Gasteiger partial charge is 0.159 e. The Morgan fingerprint density at radius 2 is 1.94 bits per heavy atom. The number of Topliss-reactive ketones (excluding diaryl/α,β-unsaturated/α-hetero) is 1. The lowest BCUT2D eigenvalue weighted by atomic mass is 10.1. The van der Waals surface area contributed by atoms with Gasteiger partial charge in [-0.15, -0.1) is 0 Å². The molecule has 0 radical (unpaired) electrons. The van der Waals surface area contributed by atoms with Gasteiger partial charge in [-0.2, -0.15) is 0 Å². The fraction of sp³-hybridized carbons (Fsp3) is 0.462. The number of ether oxygens (including phenoxy) is 2. The van der Waals surface area contributed by atoms with Crippen molar-refractivity contribution in [2.24, 2.45) is 0 Å². The van der Waals surface area contributed by atoms with Crippen molar-refractivity contribution in [3.8, 4) is 5.75 Å². The van der Waals surface area contributed by atoms with Crippen molar-refractivity contribution in [2.45, 2.75) is 20.0 Å². The summed E-state index contributed by atoms with van der Waals surface area (Å²) in [6, 6.07) is 6.83. The third-order valence-corrected chi connectivity index (χ3v) is 2.22. The largest absolute Gasteiger partial charge is 0.491 e. The van der Waals surface area contributed by atoms with Gasteiger partial charge >= 0.3 is 0 Å². The number of carbonyl (C=O) groups excluding carboxylic acids is 1. The maximum absolute atomic E-state index is 11.0. The topological polar surface area (TPSA) is 55.8 Å². The van der Waals surface area contributed by atoms with Crippen LogP contribution in [0.25, 0.3) is 0 Å². The van der Waals surface area contributed by atoms with Crippen molar-refractivity contribution in [1.82, 2.24) is 0 Å². The van der Waals surface area contributed by atoms with Crippen LogP contribution in [0, 0.1) is 0 Å². The van der Waals surface area contributed by atoms with Crippen molar-refractivity contribution in [1.29, 1.82) is 0 Å². The van der Waals surface area contributed by atoms with Gasteiger partial charge in [0.05, 0.1) is 6.61 Å². The first kappa shape index (κ1) is 13.7. The van der Waals surface area contributed by atoms with E-state index in [0.29, 0.717) is 17.9 Å². The Labute approximate surface area is 101 Å². The summed E-state index contributed by atoms with van der Waals surface area (Å²) in [4.78, 5) is 11.0. The Balaban J connectivity index is 2.39. The van der Waals surface area contributed by atoms with E-state index in [-0.39, 0.29) is 19.0 Å². The average molecular weight is 238 g/mol. The molecule has 17 heavy (non-hydrogen) atoms. The molecule has 4 heteroatoms. The molecular weight excluding hydrogens is 220 g/mol. The molecule has 0 bridgehead atoms. The Hall–Kier alpha value is -1.39. The van der Waals surface area contributed by atoms with Gasteiger partial charge in [-0.3, -0.25) is 4.79 Å². The molecule has 0 spiro atoms. The lowest BCUT2D eigenvalue weighted by molar-refractivity contribution is 0.0164. The third kappa shape index (κ3) is 4.97. The number of aliphatic hydroxyl groups is 1. The summed E-state index contributed by atoms with van der Waals surface area (Å²) >= 11 is 0. The van der Waals surface area contributed by atoms with E-state index in [1.807, 2.05) is 6.92 Å². The van der Waals surface area contributed by atoms with Gasteiger partial charge in [0.25, 0.3) is 0 Å². The predicted octanol–water partition coefficient (Wildman–Crippen LogP) is 1.67. The standard InChI is InChI=1S/C13H18O4/c1-3-16-8-12(15)9-17-13-6-4-11(5-7-13)10(2)14/h4-7,12,15H,3,8-9H2,1-2H3. The van der Waals surface area contributed by atoms with Gasteiger partial charge < -0.3 is 14.6 Å². The highest BCUT2D eigenvalue weighted by molar-refractivity contribution is 5.94. The minimum atomic E-state index is -0.637. The van der Waals surface area contributed by atoms with Crippen LogP contribution in [0.2, 0.25) is 0 Å². The minimum absolute atomic E-state index is 0.0212. The SMILES string of the molecule is CCOCC(O)COc1ccc(C(C)=O)cc1. The predicted molar refractivity (Wildman–Crippen MR) is 64.4 cm³/mol. The van der Waals surface area contributed by atoms with Crippen LogP contribution in [0.1, 0.15) is 24.2 Å². The molecule has 0 aliphatic carbocycles. The molecule has 1 rings (SSSR count). The van der Waals surface area contributed by atoms with Crippen LogP contribution in [-0.2, 0) is 4.74 Å². The summed E-state index contributed by atoms with van der Waals surface area (Å²) in [5.41, 5.74) is 0.646. The highest BCUT2D eigenvalue weighted by atomic mass is 16.5. The molecule has 0 heterocycles. The lowest BCUT2D eigenvalue weighted by Crippen LogP contribution is -2.23. The first-order valence-electron chi connectivity index (χ1n) is 5.63. The monoisotopic (exact) mass is 238 g/mol. The zero-order chi connectivity index (χ0) is 12.7. The molecule has 0 aromatic heterocycles. The molecule has 0 saturated heterocycles. The van der Waals surface area contributed by atoms with Crippen molar-refractivity contribution < 1.29 is 19.4 Å². The van der Waals surface area contributed by atoms with Crippen molar-refractivity contribution in [3.05, 3.63) is 29.8 Å². The molecule has 4 nitrogen and oxygen atoms in total. The van der Waals surface area contributed by atoms with E-state index in [9.17, 15) is 9.90 Å². The van der Waals surface area contributed by atoms with E-state index >= 15 is 0 Å². The Kier molecular flexibility index (Phi) is 5.66. The Bertz CT molecular complexity index is 345. The Morgan fingerprint density at radius 3 is 2.47 bits per heavy atom. The zero-order valence-corrected chi connectivity index (χ0v) is 10.2. The highest BCUT2D eigenvalue weighted by Crippen LogP contribution is 2.12. The maximum atomic E-state index is 11.0. The molecule has 0 aliphatic heterocycles. The number of carbonyl (C=O) groups is 1. The molecule has 94 valence electrons. The lowest BCUT2D eigenvalue weighted by Gasteiger charge is -2.12. The van der Waals surface area contributed by atoms with Crippen LogP contribution < -0.4 is 4.74 Å². The van der Waals surface area contributed by atoms with Gasteiger partial charge in [-0.1, -0.05) is 0 Å². The van der Waals surface area contributed by atoms with Gasteiger partial charge in [0, 0.05) is 12.2 Å². The molecule has 0 amide bonds. The molecule has 0 saturated carbocycles. The van der Waals surface area contributed by atoms with Crippen molar-refractivity contribution in [3.63, 3.8) is 0 Å². The molecule has 1 atom stereocenters. The summed E-state index contributed by atoms with van der Waals surface area (Å²) in [6.45, 7) is 4.40. The number of rotatable bonds is 7. The summed E-state index contributed by atoms with van der Waals surface area (Å²) in [6.07, 6.45) is -0.637. The van der Waals surface area contributed by atoms with Crippen LogP contribution in [0.4, 0.5) is 0 Å². The molecular formula is C13H18O4. The maximum Gasteiger partial charge on any atom is 0.159 e. The van der Waals surface area contributed by atoms with Crippen LogP contribution >= 0.6 is 0 Å². The van der Waals surface area contributed by atoms with Crippen LogP contribution in [0.3, 0.4) is 0 Å². The van der Waals surface area contributed by atoms with Crippen molar-refractivity contribution in [2.75, 3.05) is 19.8 Å². The van der Waals surface area contributed by atoms with Gasteiger partial charge in [-0.05, 0) is 38.1 Å². The minimum Gasteiger partial charge on any atom is -0.491 e. The zero-order valence-electron chi connectivity index (χ0n) is 10.2. The summed E-state index contributed by atoms with van der Waals surface area (Å²) in [5.74, 6) is 0.651. The van der Waals surface area contributed by atoms with Gasteiger partial charge in [0.1, 0.15) is 18.5 Å². The van der Waals surface area contributed by atoms with Gasteiger partial charge in [0.15, 0.2) is 5.78 Å². The second-order valence-corrected chi connectivity index (χ2v) is 3.70. The van der Waals surface area contributed by atoms with E-state index in [4.69, 9.17) is 9.47 Å². The number of benzene rings is 1.